The van der Waals surface area contributed by atoms with Gasteiger partial charge in [0.05, 0.1) is 23.4 Å². The van der Waals surface area contributed by atoms with E-state index >= 15 is 0 Å². The highest BCUT2D eigenvalue weighted by molar-refractivity contribution is 5.95. The number of amides is 1. The van der Waals surface area contributed by atoms with Gasteiger partial charge in [-0.3, -0.25) is 4.79 Å². The van der Waals surface area contributed by atoms with Gasteiger partial charge in [-0.05, 0) is 81.5 Å². The van der Waals surface area contributed by atoms with E-state index in [1.165, 1.54) is 51.4 Å². The lowest BCUT2D eigenvalue weighted by atomic mass is 9.79. The molecule has 0 aromatic carbocycles. The summed E-state index contributed by atoms with van der Waals surface area (Å²) in [6, 6.07) is 0.351. The Kier molecular flexibility index (Phi) is 5.60. The molecule has 5 aliphatic rings. The lowest BCUT2D eigenvalue weighted by molar-refractivity contribution is 0.0905. The number of nitrogens with zero attached hydrogens (tertiary/aromatic N) is 2. The molecule has 1 amide bonds. The van der Waals surface area contributed by atoms with Crippen molar-refractivity contribution in [3.63, 3.8) is 0 Å². The van der Waals surface area contributed by atoms with Crippen molar-refractivity contribution in [2.24, 2.45) is 23.7 Å². The van der Waals surface area contributed by atoms with Crippen molar-refractivity contribution in [3.05, 3.63) is 17.5 Å². The molecule has 0 spiro atoms. The highest BCUT2D eigenvalue weighted by atomic mass is 16.3. The van der Waals surface area contributed by atoms with Crippen LogP contribution in [0.3, 0.4) is 0 Å². The van der Waals surface area contributed by atoms with E-state index in [0.717, 1.165) is 49.6 Å². The van der Waals surface area contributed by atoms with Gasteiger partial charge >= 0.3 is 0 Å². The van der Waals surface area contributed by atoms with E-state index in [-0.39, 0.29) is 18.1 Å². The lowest BCUT2D eigenvalue weighted by Gasteiger charge is -2.30. The fourth-order valence-corrected chi connectivity index (χ4v) is 7.99. The van der Waals surface area contributed by atoms with Crippen LogP contribution in [0.25, 0.3) is 0 Å². The average Bonchev–Trinajstić information content (AvgIpc) is 3.49. The molecule has 6 unspecified atom stereocenters. The van der Waals surface area contributed by atoms with Gasteiger partial charge in [0, 0.05) is 18.2 Å². The Hall–Kier alpha value is -1.69. The van der Waals surface area contributed by atoms with Crippen LogP contribution in [0.1, 0.15) is 105 Å². The number of carbonyl (C=O) groups excluding carboxylic acids is 1. The summed E-state index contributed by atoms with van der Waals surface area (Å²) in [6.07, 6.45) is 16.8. The summed E-state index contributed by atoms with van der Waals surface area (Å²) in [5.41, 5.74) is 1.61. The van der Waals surface area contributed by atoms with Crippen LogP contribution < -0.4 is 10.6 Å². The van der Waals surface area contributed by atoms with Crippen LogP contribution in [0.15, 0.2) is 6.20 Å². The molecule has 3 bridgehead atoms. The maximum Gasteiger partial charge on any atom is 0.254 e. The molecule has 0 aliphatic heterocycles. The first-order valence-electron chi connectivity index (χ1n) is 13.3. The number of fused-ring (bicyclic) bond motifs is 2. The predicted molar refractivity (Wildman–Crippen MR) is 123 cm³/mol. The zero-order valence-corrected chi connectivity index (χ0v) is 19.1. The predicted octanol–water partition coefficient (Wildman–Crippen LogP) is 4.40. The van der Waals surface area contributed by atoms with E-state index in [1.54, 1.807) is 6.20 Å². The standard InChI is InChI=1S/C26H38N4O2/c31-22-10-4-9-21(22)28-26-27-14-20(23(30-26)16-6-1-2-7-16)25(32)29-24-18-12-15-5-3-8-19(24)17(11-15)13-18/h14-19,21-22,24,31H,1-13H2,(H,29,32)(H,27,28,30)/t15?,17?,18?,19?,21?,22?,24-/m0/s1. The number of hydrogen-bond acceptors (Lipinski definition) is 5. The smallest absolute Gasteiger partial charge is 0.254 e. The Labute approximate surface area is 191 Å². The van der Waals surface area contributed by atoms with E-state index in [9.17, 15) is 9.90 Å². The number of carbonyl (C=O) groups is 1. The minimum absolute atomic E-state index is 0.0168. The van der Waals surface area contributed by atoms with E-state index in [1.807, 2.05) is 0 Å². The zero-order valence-electron chi connectivity index (χ0n) is 19.1. The quantitative estimate of drug-likeness (QED) is 0.634. The molecule has 6 rings (SSSR count). The van der Waals surface area contributed by atoms with E-state index < -0.39 is 0 Å². The Morgan fingerprint density at radius 1 is 0.938 bits per heavy atom. The number of rotatable bonds is 5. The molecule has 5 aliphatic carbocycles. The molecule has 1 aromatic heterocycles. The van der Waals surface area contributed by atoms with Crippen molar-refractivity contribution in [3.8, 4) is 0 Å². The van der Waals surface area contributed by atoms with Crippen molar-refractivity contribution in [2.75, 3.05) is 5.32 Å². The first kappa shape index (κ1) is 20.9. The molecule has 6 nitrogen and oxygen atoms in total. The third-order valence-electron chi connectivity index (χ3n) is 9.50. The maximum absolute atomic E-state index is 13.6. The van der Waals surface area contributed by atoms with Crippen LogP contribution in [0.2, 0.25) is 0 Å². The van der Waals surface area contributed by atoms with Crippen LogP contribution in [0.4, 0.5) is 5.95 Å². The first-order chi connectivity index (χ1) is 15.7. The number of anilines is 1. The summed E-state index contributed by atoms with van der Waals surface area (Å²) in [5.74, 6) is 3.99. The molecule has 1 aromatic rings. The minimum Gasteiger partial charge on any atom is -0.391 e. The monoisotopic (exact) mass is 438 g/mol. The van der Waals surface area contributed by atoms with Gasteiger partial charge in [-0.15, -0.1) is 0 Å². The van der Waals surface area contributed by atoms with E-state index in [2.05, 4.69) is 15.6 Å². The number of hydrogen-bond donors (Lipinski definition) is 3. The molecular formula is C26H38N4O2. The Balaban J connectivity index is 1.24. The van der Waals surface area contributed by atoms with Gasteiger partial charge in [0.2, 0.25) is 5.95 Å². The van der Waals surface area contributed by atoms with Crippen molar-refractivity contribution in [1.29, 1.82) is 0 Å². The Morgan fingerprint density at radius 3 is 2.56 bits per heavy atom. The molecule has 7 atom stereocenters. The Morgan fingerprint density at radius 2 is 1.75 bits per heavy atom. The van der Waals surface area contributed by atoms with Gasteiger partial charge in [0.15, 0.2) is 0 Å². The summed E-state index contributed by atoms with van der Waals surface area (Å²) in [7, 11) is 0. The number of aliphatic hydroxyl groups excluding tert-OH is 1. The third-order valence-corrected chi connectivity index (χ3v) is 9.50. The average molecular weight is 439 g/mol. The van der Waals surface area contributed by atoms with Crippen LogP contribution in [0.5, 0.6) is 0 Å². The second kappa shape index (κ2) is 8.58. The second-order valence-electron chi connectivity index (χ2n) is 11.4. The van der Waals surface area contributed by atoms with Gasteiger partial charge in [0.1, 0.15) is 0 Å². The normalized spacial score (nSPS) is 38.7. The van der Waals surface area contributed by atoms with Crippen molar-refractivity contribution < 1.29 is 9.90 Å². The molecule has 174 valence electrons. The van der Waals surface area contributed by atoms with Crippen LogP contribution in [-0.4, -0.2) is 39.2 Å². The summed E-state index contributed by atoms with van der Waals surface area (Å²) < 4.78 is 0. The van der Waals surface area contributed by atoms with Gasteiger partial charge < -0.3 is 15.7 Å². The van der Waals surface area contributed by atoms with Gasteiger partial charge in [-0.2, -0.15) is 0 Å². The van der Waals surface area contributed by atoms with Crippen LogP contribution >= 0.6 is 0 Å². The van der Waals surface area contributed by atoms with Crippen molar-refractivity contribution in [1.82, 2.24) is 15.3 Å². The zero-order chi connectivity index (χ0) is 21.7. The third kappa shape index (κ3) is 3.82. The van der Waals surface area contributed by atoms with E-state index in [0.29, 0.717) is 35.3 Å². The summed E-state index contributed by atoms with van der Waals surface area (Å²) >= 11 is 0. The molecule has 3 N–H and O–H groups in total. The summed E-state index contributed by atoms with van der Waals surface area (Å²) in [5, 5.41) is 17.1. The molecule has 0 radical (unpaired) electrons. The van der Waals surface area contributed by atoms with E-state index in [4.69, 9.17) is 4.98 Å². The fraction of sp³-hybridized carbons (Fsp3) is 0.808. The molecule has 5 saturated carbocycles. The topological polar surface area (TPSA) is 87.1 Å². The van der Waals surface area contributed by atoms with Crippen LogP contribution in [-0.2, 0) is 0 Å². The maximum atomic E-state index is 13.6. The van der Waals surface area contributed by atoms with Crippen molar-refractivity contribution >= 4 is 11.9 Å². The number of aliphatic hydroxyl groups is 1. The van der Waals surface area contributed by atoms with Gasteiger partial charge in [0.25, 0.3) is 5.91 Å². The molecule has 32 heavy (non-hydrogen) atoms. The molecule has 1 heterocycles. The van der Waals surface area contributed by atoms with Gasteiger partial charge in [-0.25, -0.2) is 9.97 Å². The van der Waals surface area contributed by atoms with Crippen molar-refractivity contribution in [2.45, 2.75) is 108 Å². The fourth-order valence-electron chi connectivity index (χ4n) is 7.99. The molecular weight excluding hydrogens is 400 g/mol. The highest BCUT2D eigenvalue weighted by Gasteiger charge is 2.49. The number of aromatic nitrogens is 2. The summed E-state index contributed by atoms with van der Waals surface area (Å²) in [6.45, 7) is 0. The van der Waals surface area contributed by atoms with Crippen LogP contribution in [0, 0.1) is 23.7 Å². The Bertz CT molecular complexity index is 854. The molecule has 5 fully saturated rings. The minimum atomic E-state index is -0.336. The largest absolute Gasteiger partial charge is 0.391 e. The summed E-state index contributed by atoms with van der Waals surface area (Å²) in [4.78, 5) is 23.0. The lowest BCUT2D eigenvalue weighted by Crippen LogP contribution is -2.43. The SMILES string of the molecule is O=C(N[C@H]1C2CC3CCCC1C(C3)C2)c1cnc(NC2CCCC2O)nc1C1CCCC1. The highest BCUT2D eigenvalue weighted by Crippen LogP contribution is 2.53. The first-order valence-corrected chi connectivity index (χ1v) is 13.3. The second-order valence-corrected chi connectivity index (χ2v) is 11.4. The molecule has 0 saturated heterocycles. The number of nitrogens with one attached hydrogen (secondary N) is 2. The molecule has 6 heteroatoms. The van der Waals surface area contributed by atoms with Gasteiger partial charge in [-0.1, -0.05) is 25.7 Å².